The molecule has 23 heavy (non-hydrogen) atoms. The summed E-state index contributed by atoms with van der Waals surface area (Å²) in [4.78, 5) is 27.6. The van der Waals surface area contributed by atoms with Gasteiger partial charge in [0.15, 0.2) is 0 Å². The van der Waals surface area contributed by atoms with Gasteiger partial charge < -0.3 is 15.8 Å². The molecule has 7 nitrogen and oxygen atoms in total. The molecule has 0 fully saturated rings. The van der Waals surface area contributed by atoms with Gasteiger partial charge >= 0.3 is 5.97 Å². The lowest BCUT2D eigenvalue weighted by Crippen LogP contribution is -2.24. The van der Waals surface area contributed by atoms with Gasteiger partial charge in [-0.25, -0.2) is 9.78 Å². The first-order valence-electron chi connectivity index (χ1n) is 7.11. The highest BCUT2D eigenvalue weighted by Gasteiger charge is 2.20. The van der Waals surface area contributed by atoms with Crippen molar-refractivity contribution in [3.8, 4) is 5.69 Å². The fourth-order valence-electron chi connectivity index (χ4n) is 2.01. The molecule has 0 aliphatic heterocycles. The number of hydrogen-bond acceptors (Lipinski definition) is 5. The lowest BCUT2D eigenvalue weighted by Gasteiger charge is -2.20. The van der Waals surface area contributed by atoms with E-state index in [2.05, 4.69) is 10.3 Å². The molecular weight excluding hydrogens is 296 g/mol. The van der Waals surface area contributed by atoms with Gasteiger partial charge in [0.2, 0.25) is 11.9 Å². The van der Waals surface area contributed by atoms with Crippen molar-refractivity contribution in [1.82, 2.24) is 9.55 Å². The minimum absolute atomic E-state index is 0.227. The highest BCUT2D eigenvalue weighted by molar-refractivity contribution is 5.95. The van der Waals surface area contributed by atoms with E-state index in [0.29, 0.717) is 16.9 Å². The Morgan fingerprint density at radius 1 is 1.30 bits per heavy atom. The van der Waals surface area contributed by atoms with Gasteiger partial charge in [0, 0.05) is 19.3 Å². The lowest BCUT2D eigenvalue weighted by atomic mass is 10.1. The van der Waals surface area contributed by atoms with Crippen molar-refractivity contribution >= 4 is 23.5 Å². The van der Waals surface area contributed by atoms with Crippen LogP contribution in [0.2, 0.25) is 0 Å². The van der Waals surface area contributed by atoms with Gasteiger partial charge in [-0.3, -0.25) is 9.36 Å². The Morgan fingerprint density at radius 3 is 2.52 bits per heavy atom. The molecule has 7 heteroatoms. The lowest BCUT2D eigenvalue weighted by molar-refractivity contribution is -0.114. The summed E-state index contributed by atoms with van der Waals surface area (Å²) in [5.74, 6) is -0.431. The third-order valence-corrected chi connectivity index (χ3v) is 2.87. The van der Waals surface area contributed by atoms with E-state index in [-0.39, 0.29) is 11.9 Å². The number of ether oxygens (including phenoxy) is 1. The quantitative estimate of drug-likeness (QED) is 0.847. The van der Waals surface area contributed by atoms with Gasteiger partial charge in [0.1, 0.15) is 5.60 Å². The first-order chi connectivity index (χ1) is 10.7. The first kappa shape index (κ1) is 16.5. The largest absolute Gasteiger partial charge is 0.456 e. The number of hydrogen-bond donors (Lipinski definition) is 2. The maximum Gasteiger partial charge on any atom is 0.338 e. The van der Waals surface area contributed by atoms with Crippen molar-refractivity contribution in [1.29, 1.82) is 0 Å². The van der Waals surface area contributed by atoms with Gasteiger partial charge in [-0.2, -0.15) is 0 Å². The van der Waals surface area contributed by atoms with E-state index in [4.69, 9.17) is 10.5 Å². The fraction of sp³-hybridized carbons (Fsp3) is 0.312. The predicted octanol–water partition coefficient (Wildman–Crippen LogP) is 2.37. The minimum atomic E-state index is -0.596. The summed E-state index contributed by atoms with van der Waals surface area (Å²) in [5, 5.41) is 2.71. The number of nitrogens with two attached hydrogens (primary N) is 1. The molecule has 0 atom stereocenters. The summed E-state index contributed by atoms with van der Waals surface area (Å²) in [6.07, 6.45) is 3.18. The van der Waals surface area contributed by atoms with Crippen LogP contribution in [0.3, 0.4) is 0 Å². The average molecular weight is 316 g/mol. The van der Waals surface area contributed by atoms with Crippen molar-refractivity contribution in [3.63, 3.8) is 0 Å². The number of amides is 1. The van der Waals surface area contributed by atoms with Crippen LogP contribution in [0.5, 0.6) is 0 Å². The number of imidazole rings is 1. The van der Waals surface area contributed by atoms with Crippen LogP contribution in [0.25, 0.3) is 5.69 Å². The molecule has 1 aromatic heterocycles. The Labute approximate surface area is 134 Å². The summed E-state index contributed by atoms with van der Waals surface area (Å²) in [6, 6.07) is 4.84. The van der Waals surface area contributed by atoms with E-state index < -0.39 is 11.6 Å². The number of nitrogen functional groups attached to an aromatic ring is 1. The van der Waals surface area contributed by atoms with Crippen LogP contribution in [0.15, 0.2) is 30.6 Å². The van der Waals surface area contributed by atoms with Crippen LogP contribution in [-0.4, -0.2) is 27.0 Å². The smallest absolute Gasteiger partial charge is 0.338 e. The SMILES string of the molecule is CC(=O)Nc1ccc(C(=O)OC(C)(C)C)cc1-n1ccnc1N. The molecule has 1 heterocycles. The van der Waals surface area contributed by atoms with Crippen LogP contribution < -0.4 is 11.1 Å². The van der Waals surface area contributed by atoms with Crippen LogP contribution in [0, 0.1) is 0 Å². The van der Waals surface area contributed by atoms with Crippen LogP contribution in [0.4, 0.5) is 11.6 Å². The monoisotopic (exact) mass is 316 g/mol. The van der Waals surface area contributed by atoms with Gasteiger partial charge in [0.25, 0.3) is 0 Å². The van der Waals surface area contributed by atoms with Crippen molar-refractivity contribution < 1.29 is 14.3 Å². The summed E-state index contributed by atoms with van der Waals surface area (Å²) >= 11 is 0. The topological polar surface area (TPSA) is 99.2 Å². The number of aromatic nitrogens is 2. The highest BCUT2D eigenvalue weighted by atomic mass is 16.6. The van der Waals surface area contributed by atoms with Gasteiger partial charge in [-0.05, 0) is 39.0 Å². The minimum Gasteiger partial charge on any atom is -0.456 e. The zero-order chi connectivity index (χ0) is 17.2. The molecule has 0 bridgehead atoms. The molecule has 0 aliphatic carbocycles. The number of anilines is 2. The van der Waals surface area contributed by atoms with E-state index in [9.17, 15) is 9.59 Å². The zero-order valence-electron chi connectivity index (χ0n) is 13.6. The number of nitrogens with one attached hydrogen (secondary N) is 1. The molecule has 0 spiro atoms. The van der Waals surface area contributed by atoms with E-state index in [1.54, 1.807) is 49.7 Å². The highest BCUT2D eigenvalue weighted by Crippen LogP contribution is 2.25. The van der Waals surface area contributed by atoms with E-state index >= 15 is 0 Å². The Balaban J connectivity index is 2.47. The fourth-order valence-corrected chi connectivity index (χ4v) is 2.01. The second-order valence-electron chi connectivity index (χ2n) is 6.07. The molecular formula is C16H20N4O3. The van der Waals surface area contributed by atoms with Crippen molar-refractivity contribution in [2.45, 2.75) is 33.3 Å². The Kier molecular flexibility index (Phi) is 4.40. The molecule has 1 aromatic carbocycles. The Hall–Kier alpha value is -2.83. The maximum absolute atomic E-state index is 12.2. The molecule has 1 amide bonds. The number of esters is 1. The first-order valence-corrected chi connectivity index (χ1v) is 7.11. The zero-order valence-corrected chi connectivity index (χ0v) is 13.6. The Bertz CT molecular complexity index is 744. The van der Waals surface area contributed by atoms with Crippen LogP contribution in [-0.2, 0) is 9.53 Å². The molecule has 122 valence electrons. The van der Waals surface area contributed by atoms with E-state index in [0.717, 1.165) is 0 Å². The van der Waals surface area contributed by atoms with E-state index in [1.807, 2.05) is 0 Å². The predicted molar refractivity (Wildman–Crippen MR) is 87.4 cm³/mol. The molecule has 0 radical (unpaired) electrons. The number of nitrogens with zero attached hydrogens (tertiary/aromatic N) is 2. The number of carbonyl (C=O) groups excluding carboxylic acids is 2. The van der Waals surface area contributed by atoms with Crippen molar-refractivity contribution in [2.24, 2.45) is 0 Å². The normalized spacial score (nSPS) is 11.1. The van der Waals surface area contributed by atoms with Gasteiger partial charge in [-0.1, -0.05) is 0 Å². The second kappa shape index (κ2) is 6.12. The van der Waals surface area contributed by atoms with Crippen molar-refractivity contribution in [2.75, 3.05) is 11.1 Å². The molecule has 3 N–H and O–H groups in total. The summed E-state index contributed by atoms with van der Waals surface area (Å²) in [5.41, 5.74) is 6.65. The molecule has 0 aliphatic rings. The summed E-state index contributed by atoms with van der Waals surface area (Å²) in [7, 11) is 0. The molecule has 2 rings (SSSR count). The Morgan fingerprint density at radius 2 is 2.00 bits per heavy atom. The number of carbonyl (C=O) groups is 2. The number of benzene rings is 1. The third-order valence-electron chi connectivity index (χ3n) is 2.87. The van der Waals surface area contributed by atoms with Gasteiger partial charge in [-0.15, -0.1) is 0 Å². The van der Waals surface area contributed by atoms with Crippen molar-refractivity contribution in [3.05, 3.63) is 36.2 Å². The summed E-state index contributed by atoms with van der Waals surface area (Å²) in [6.45, 7) is 6.80. The van der Waals surface area contributed by atoms with E-state index in [1.165, 1.54) is 13.1 Å². The number of rotatable bonds is 3. The molecule has 0 saturated carbocycles. The maximum atomic E-state index is 12.2. The standard InChI is InChI=1S/C16H20N4O3/c1-10(21)19-12-6-5-11(14(22)23-16(2,3)4)9-13(12)20-8-7-18-15(20)17/h5-9H,1-4H3,(H2,17,18)(H,19,21). The molecule has 0 unspecified atom stereocenters. The average Bonchev–Trinajstić information content (AvgIpc) is 2.82. The third kappa shape index (κ3) is 4.09. The summed E-state index contributed by atoms with van der Waals surface area (Å²) < 4.78 is 6.95. The van der Waals surface area contributed by atoms with Gasteiger partial charge in [0.05, 0.1) is 16.9 Å². The van der Waals surface area contributed by atoms with Crippen LogP contribution >= 0.6 is 0 Å². The molecule has 0 saturated heterocycles. The molecule has 2 aromatic rings. The van der Waals surface area contributed by atoms with Crippen LogP contribution in [0.1, 0.15) is 38.1 Å². The second-order valence-corrected chi connectivity index (χ2v) is 6.07.